The van der Waals surface area contributed by atoms with Crippen LogP contribution in [0, 0.1) is 5.92 Å². The van der Waals surface area contributed by atoms with Gasteiger partial charge in [0.05, 0.1) is 0 Å². The van der Waals surface area contributed by atoms with E-state index in [0.717, 1.165) is 30.6 Å². The Bertz CT molecular complexity index is 243. The highest BCUT2D eigenvalue weighted by Gasteiger charge is 2.44. The highest BCUT2D eigenvalue weighted by molar-refractivity contribution is 5.81. The van der Waals surface area contributed by atoms with E-state index in [2.05, 4.69) is 0 Å². The van der Waals surface area contributed by atoms with Crippen molar-refractivity contribution in [1.82, 2.24) is 4.90 Å². The van der Waals surface area contributed by atoms with E-state index >= 15 is 0 Å². The van der Waals surface area contributed by atoms with Gasteiger partial charge >= 0.3 is 6.18 Å². The highest BCUT2D eigenvalue weighted by Crippen LogP contribution is 2.37. The average molecular weight is 207 g/mol. The van der Waals surface area contributed by atoms with Crippen molar-refractivity contribution in [2.24, 2.45) is 5.92 Å². The summed E-state index contributed by atoms with van der Waals surface area (Å²) in [6.07, 6.45) is -1.27. The number of hydrogen-bond donors (Lipinski definition) is 0. The standard InChI is InChI=1S/C9H12F3NO/c10-9(11,12)5-13(7-3-4-7)8(14)6-1-2-6/h6-7H,1-5H2. The van der Waals surface area contributed by atoms with Gasteiger partial charge in [0.2, 0.25) is 5.91 Å². The Kier molecular flexibility index (Phi) is 2.20. The molecule has 0 radical (unpaired) electrons. The predicted molar refractivity (Wildman–Crippen MR) is 43.5 cm³/mol. The van der Waals surface area contributed by atoms with Gasteiger partial charge in [-0.15, -0.1) is 0 Å². The largest absolute Gasteiger partial charge is 0.406 e. The van der Waals surface area contributed by atoms with Crippen molar-refractivity contribution >= 4 is 5.91 Å². The van der Waals surface area contributed by atoms with E-state index in [4.69, 9.17) is 0 Å². The minimum absolute atomic E-state index is 0.113. The highest BCUT2D eigenvalue weighted by atomic mass is 19.4. The summed E-state index contributed by atoms with van der Waals surface area (Å²) in [5.74, 6) is -0.400. The Morgan fingerprint density at radius 2 is 1.79 bits per heavy atom. The first-order valence-electron chi connectivity index (χ1n) is 4.84. The lowest BCUT2D eigenvalue weighted by Crippen LogP contribution is -2.41. The molecule has 2 aliphatic rings. The molecule has 2 fully saturated rings. The molecule has 2 nitrogen and oxygen atoms in total. The second kappa shape index (κ2) is 3.14. The van der Waals surface area contributed by atoms with Gasteiger partial charge in [0, 0.05) is 12.0 Å². The third kappa shape index (κ3) is 2.39. The molecule has 0 aromatic carbocycles. The Morgan fingerprint density at radius 3 is 2.14 bits per heavy atom. The smallest absolute Gasteiger partial charge is 0.330 e. The first-order valence-corrected chi connectivity index (χ1v) is 4.84. The number of carbonyl (C=O) groups excluding carboxylic acids is 1. The van der Waals surface area contributed by atoms with E-state index in [-0.39, 0.29) is 17.9 Å². The Labute approximate surface area is 80.1 Å². The molecular formula is C9H12F3NO. The van der Waals surface area contributed by atoms with Gasteiger partial charge in [-0.2, -0.15) is 13.2 Å². The van der Waals surface area contributed by atoms with E-state index < -0.39 is 12.7 Å². The fourth-order valence-corrected chi connectivity index (χ4v) is 1.53. The molecule has 0 aliphatic heterocycles. The first kappa shape index (κ1) is 9.80. The first-order chi connectivity index (χ1) is 6.47. The number of carbonyl (C=O) groups is 1. The maximum Gasteiger partial charge on any atom is 0.406 e. The van der Waals surface area contributed by atoms with E-state index in [1.54, 1.807) is 0 Å². The summed E-state index contributed by atoms with van der Waals surface area (Å²) in [6.45, 7) is -1.06. The zero-order valence-corrected chi connectivity index (χ0v) is 7.68. The second-order valence-corrected chi connectivity index (χ2v) is 4.09. The van der Waals surface area contributed by atoms with E-state index in [9.17, 15) is 18.0 Å². The minimum atomic E-state index is -4.26. The van der Waals surface area contributed by atoms with Crippen LogP contribution in [0.5, 0.6) is 0 Å². The SMILES string of the molecule is O=C(C1CC1)N(CC(F)(F)F)C1CC1. The molecule has 0 aromatic heterocycles. The monoisotopic (exact) mass is 207 g/mol. The van der Waals surface area contributed by atoms with Gasteiger partial charge in [0.25, 0.3) is 0 Å². The molecule has 0 aromatic rings. The summed E-state index contributed by atoms with van der Waals surface area (Å²) in [7, 11) is 0. The Morgan fingerprint density at radius 1 is 1.21 bits per heavy atom. The summed E-state index contributed by atoms with van der Waals surface area (Å²) in [4.78, 5) is 12.5. The maximum atomic E-state index is 12.1. The van der Waals surface area contributed by atoms with Gasteiger partial charge in [-0.25, -0.2) is 0 Å². The topological polar surface area (TPSA) is 20.3 Å². The molecule has 0 N–H and O–H groups in total. The molecule has 0 spiro atoms. The van der Waals surface area contributed by atoms with Gasteiger partial charge in [0.15, 0.2) is 0 Å². The van der Waals surface area contributed by atoms with Crippen LogP contribution in [-0.4, -0.2) is 29.6 Å². The Balaban J connectivity index is 1.96. The third-order valence-electron chi connectivity index (χ3n) is 2.55. The molecule has 0 saturated heterocycles. The van der Waals surface area contributed by atoms with Crippen molar-refractivity contribution in [3.8, 4) is 0 Å². The summed E-state index contributed by atoms with van der Waals surface area (Å²) in [5.41, 5.74) is 0. The van der Waals surface area contributed by atoms with E-state index in [0.29, 0.717) is 0 Å². The zero-order chi connectivity index (χ0) is 10.3. The summed E-state index contributed by atoms with van der Waals surface area (Å²) in [6, 6.07) is -0.135. The average Bonchev–Trinajstić information content (AvgIpc) is 2.83. The van der Waals surface area contributed by atoms with Crippen LogP contribution in [0.2, 0.25) is 0 Å². The van der Waals surface area contributed by atoms with Gasteiger partial charge in [0.1, 0.15) is 6.54 Å². The van der Waals surface area contributed by atoms with Crippen molar-refractivity contribution in [3.63, 3.8) is 0 Å². The molecule has 80 valence electrons. The molecule has 0 unspecified atom stereocenters. The van der Waals surface area contributed by atoms with Crippen LogP contribution in [0.15, 0.2) is 0 Å². The lowest BCUT2D eigenvalue weighted by atomic mass is 10.3. The number of halogens is 3. The van der Waals surface area contributed by atoms with Crippen molar-refractivity contribution in [3.05, 3.63) is 0 Å². The fourth-order valence-electron chi connectivity index (χ4n) is 1.53. The summed E-state index contributed by atoms with van der Waals surface area (Å²) >= 11 is 0. The number of nitrogens with zero attached hydrogens (tertiary/aromatic N) is 1. The molecule has 2 aliphatic carbocycles. The quantitative estimate of drug-likeness (QED) is 0.692. The summed E-state index contributed by atoms with van der Waals surface area (Å²) in [5, 5.41) is 0. The summed E-state index contributed by atoms with van der Waals surface area (Å²) < 4.78 is 36.4. The molecule has 0 heterocycles. The molecule has 0 bridgehead atoms. The van der Waals surface area contributed by atoms with Crippen LogP contribution in [-0.2, 0) is 4.79 Å². The molecule has 1 amide bonds. The number of rotatable bonds is 3. The lowest BCUT2D eigenvalue weighted by Gasteiger charge is -2.23. The molecule has 0 atom stereocenters. The fraction of sp³-hybridized carbons (Fsp3) is 0.889. The van der Waals surface area contributed by atoms with Gasteiger partial charge in [-0.3, -0.25) is 4.79 Å². The minimum Gasteiger partial charge on any atom is -0.330 e. The van der Waals surface area contributed by atoms with Crippen molar-refractivity contribution in [2.45, 2.75) is 37.9 Å². The number of alkyl halides is 3. The van der Waals surface area contributed by atoms with Gasteiger partial charge in [-0.05, 0) is 25.7 Å². The van der Waals surface area contributed by atoms with Gasteiger partial charge in [-0.1, -0.05) is 0 Å². The predicted octanol–water partition coefficient (Wildman–Crippen LogP) is 1.95. The van der Waals surface area contributed by atoms with Crippen LogP contribution in [0.1, 0.15) is 25.7 Å². The van der Waals surface area contributed by atoms with Crippen LogP contribution >= 0.6 is 0 Å². The van der Waals surface area contributed by atoms with Crippen LogP contribution < -0.4 is 0 Å². The van der Waals surface area contributed by atoms with Crippen LogP contribution in [0.3, 0.4) is 0 Å². The van der Waals surface area contributed by atoms with Gasteiger partial charge < -0.3 is 4.90 Å². The van der Waals surface area contributed by atoms with Crippen LogP contribution in [0.4, 0.5) is 13.2 Å². The normalized spacial score (nSPS) is 22.2. The van der Waals surface area contributed by atoms with Crippen molar-refractivity contribution < 1.29 is 18.0 Å². The second-order valence-electron chi connectivity index (χ2n) is 4.09. The maximum absolute atomic E-state index is 12.1. The molecular weight excluding hydrogens is 195 g/mol. The number of amides is 1. The molecule has 5 heteroatoms. The lowest BCUT2D eigenvalue weighted by molar-refractivity contribution is -0.163. The van der Waals surface area contributed by atoms with Crippen molar-refractivity contribution in [1.29, 1.82) is 0 Å². The third-order valence-corrected chi connectivity index (χ3v) is 2.55. The van der Waals surface area contributed by atoms with E-state index in [1.165, 1.54) is 0 Å². The molecule has 2 saturated carbocycles. The molecule has 2 rings (SSSR count). The Hall–Kier alpha value is -0.740. The number of hydrogen-bond acceptors (Lipinski definition) is 1. The molecule has 14 heavy (non-hydrogen) atoms. The van der Waals surface area contributed by atoms with Crippen molar-refractivity contribution in [2.75, 3.05) is 6.54 Å². The van der Waals surface area contributed by atoms with E-state index in [1.807, 2.05) is 0 Å². The zero-order valence-electron chi connectivity index (χ0n) is 7.68. The van der Waals surface area contributed by atoms with Crippen LogP contribution in [0.25, 0.3) is 0 Å².